The van der Waals surface area contributed by atoms with Crippen molar-refractivity contribution >= 4 is 40.5 Å². The first-order valence-electron chi connectivity index (χ1n) is 20.4. The van der Waals surface area contributed by atoms with E-state index in [-0.39, 0.29) is 37.3 Å². The molecule has 3 aliphatic heterocycles. The van der Waals surface area contributed by atoms with E-state index in [1.54, 1.807) is 43.5 Å². The summed E-state index contributed by atoms with van der Waals surface area (Å²) < 4.78 is 29.4. The number of esters is 2. The van der Waals surface area contributed by atoms with Gasteiger partial charge in [-0.25, -0.2) is 24.4 Å². The normalized spacial score (nSPS) is 22.2. The highest BCUT2D eigenvalue weighted by Crippen LogP contribution is 2.37. The number of carbonyl (C=O) groups excluding carboxylic acids is 4. The quantitative estimate of drug-likeness (QED) is 0.0913. The predicted molar refractivity (Wildman–Crippen MR) is 223 cm³/mol. The van der Waals surface area contributed by atoms with E-state index < -0.39 is 84.1 Å². The van der Waals surface area contributed by atoms with Gasteiger partial charge in [0.05, 0.1) is 54.2 Å². The molecule has 3 amide bonds. The van der Waals surface area contributed by atoms with Crippen LogP contribution < -0.4 is 26.2 Å². The van der Waals surface area contributed by atoms with Crippen molar-refractivity contribution in [2.45, 2.75) is 83.1 Å². The summed E-state index contributed by atoms with van der Waals surface area (Å²) in [5, 5.41) is 30.1. The number of hydrogen-bond donors (Lipinski definition) is 6. The second kappa shape index (κ2) is 18.0. The van der Waals surface area contributed by atoms with Crippen LogP contribution in [0.3, 0.4) is 0 Å². The number of ether oxygens (including phenoxy) is 5. The number of methoxy groups -OCH3 is 1. The number of H-pyrrole nitrogens is 1. The number of amides is 3. The summed E-state index contributed by atoms with van der Waals surface area (Å²) in [5.41, 5.74) is 3.38. The largest absolute Gasteiger partial charge is 0.462 e. The average Bonchev–Trinajstić information content (AvgIpc) is 3.91. The van der Waals surface area contributed by atoms with Gasteiger partial charge in [0.15, 0.2) is 0 Å². The van der Waals surface area contributed by atoms with Crippen molar-refractivity contribution in [3.63, 3.8) is 0 Å². The minimum Gasteiger partial charge on any atom is -0.462 e. The van der Waals surface area contributed by atoms with Crippen molar-refractivity contribution < 1.29 is 53.1 Å². The molecule has 1 saturated heterocycles. The lowest BCUT2D eigenvalue weighted by Gasteiger charge is -2.41. The highest BCUT2D eigenvalue weighted by molar-refractivity contribution is 5.95. The molecule has 3 aliphatic rings. The Hall–Kier alpha value is -6.67. The van der Waals surface area contributed by atoms with E-state index in [1.165, 1.54) is 31.8 Å². The van der Waals surface area contributed by atoms with Crippen molar-refractivity contribution in [2.75, 3.05) is 19.0 Å². The van der Waals surface area contributed by atoms with E-state index in [0.717, 1.165) is 16.5 Å². The smallest absolute Gasteiger partial charge is 0.352 e. The van der Waals surface area contributed by atoms with Gasteiger partial charge in [0.1, 0.15) is 30.5 Å². The minimum atomic E-state index is -1.60. The fourth-order valence-corrected chi connectivity index (χ4v) is 8.02. The zero-order valence-corrected chi connectivity index (χ0v) is 34.8. The van der Waals surface area contributed by atoms with Crippen molar-refractivity contribution in [3.8, 4) is 17.1 Å². The Kier molecular flexibility index (Phi) is 12.3. The molecule has 1 unspecified atom stereocenters. The molecule has 8 atom stereocenters. The fourth-order valence-electron chi connectivity index (χ4n) is 8.02. The second-order valence-corrected chi connectivity index (χ2v) is 16.1. The van der Waals surface area contributed by atoms with E-state index in [0.29, 0.717) is 28.5 Å². The van der Waals surface area contributed by atoms with Crippen LogP contribution in [0.2, 0.25) is 0 Å². The molecule has 8 rings (SSSR count). The number of aliphatic hydroxyl groups is 2. The Bertz CT molecular complexity index is 2580. The Morgan fingerprint density at radius 1 is 1.03 bits per heavy atom. The second-order valence-electron chi connectivity index (χ2n) is 16.1. The summed E-state index contributed by atoms with van der Waals surface area (Å²) in [6.07, 6.45) is -2.60. The van der Waals surface area contributed by atoms with Crippen LogP contribution in [-0.4, -0.2) is 104 Å². The molecule has 19 nitrogen and oxygen atoms in total. The predicted octanol–water partition coefficient (Wildman–Crippen LogP) is 2.47. The maximum atomic E-state index is 14.0. The van der Waals surface area contributed by atoms with Gasteiger partial charge in [-0.15, -0.1) is 0 Å². The molecule has 6 N–H and O–H groups in total. The highest BCUT2D eigenvalue weighted by atomic mass is 16.7. The summed E-state index contributed by atoms with van der Waals surface area (Å²) in [7, 11) is 1.47. The number of anilines is 1. The maximum Gasteiger partial charge on any atom is 0.352 e. The van der Waals surface area contributed by atoms with Gasteiger partial charge in [-0.3, -0.25) is 9.59 Å². The third-order valence-electron chi connectivity index (χ3n) is 11.4. The zero-order chi connectivity index (χ0) is 44.5. The number of para-hydroxylation sites is 1. The highest BCUT2D eigenvalue weighted by Gasteiger charge is 2.44. The Labute approximate surface area is 360 Å². The maximum absolute atomic E-state index is 14.0. The van der Waals surface area contributed by atoms with Crippen molar-refractivity contribution in [2.24, 2.45) is 11.8 Å². The van der Waals surface area contributed by atoms with Gasteiger partial charge in [-0.2, -0.15) is 0 Å². The molecule has 3 aromatic heterocycles. The third-order valence-corrected chi connectivity index (χ3v) is 11.4. The van der Waals surface area contributed by atoms with E-state index >= 15 is 0 Å². The number of carbonyl (C=O) groups is 4. The molecule has 5 aromatic rings. The molecule has 1 fully saturated rings. The number of imidazole rings is 1. The summed E-state index contributed by atoms with van der Waals surface area (Å²) in [4.78, 5) is 80.1. The van der Waals surface area contributed by atoms with Crippen molar-refractivity contribution in [3.05, 3.63) is 106 Å². The first-order valence-corrected chi connectivity index (χ1v) is 20.4. The molecular weight excluding hydrogens is 819 g/mol. The number of hydrogen-bond acceptors (Lipinski definition) is 14. The number of nitrogens with zero attached hydrogens (tertiary/aromatic N) is 3. The van der Waals surface area contributed by atoms with Gasteiger partial charge in [0.25, 0.3) is 5.56 Å². The molecule has 0 aliphatic carbocycles. The number of urea groups is 1. The summed E-state index contributed by atoms with van der Waals surface area (Å²) in [5.74, 6) is -3.46. The third kappa shape index (κ3) is 8.85. The molecule has 0 bridgehead atoms. The van der Waals surface area contributed by atoms with Crippen LogP contribution in [0.4, 0.5) is 10.5 Å². The SMILES string of the molecule is COCC1[C@H](O)[C@@H](Oc2ccc(NC(=O)N[C@@H](Cc3cnc[nH]3)C(=O)N[C@H](C(=O)O[C@@H]3C(=O)OCc4c3cc3n(c4=O)Cc4cc5ccccc5nc4-3)C(C)C)cc2)O[C@@H](C)[C@H]1O. The molecule has 330 valence electrons. The topological polar surface area (TPSA) is 255 Å². The number of benzene rings is 2. The summed E-state index contributed by atoms with van der Waals surface area (Å²) in [6.45, 7) is 5.07. The van der Waals surface area contributed by atoms with E-state index in [2.05, 4.69) is 25.9 Å². The molecule has 2 aromatic carbocycles. The standard InChI is InChI=1S/C44H47N7O12/c1-21(2)34(41(56)63-38-28-15-33-35-24(13-23-7-5-6-8-31(23)48-35)17-51(33)40(55)29(28)19-60-42(38)57)50-39(54)32(14-26-16-45-20-46-26)49-44(58)47-25-9-11-27(12-10-25)62-43-37(53)30(18-59-4)36(52)22(3)61-43/h5-13,15-16,20-22,30,32,34,36-38,43,52-53H,14,17-19H2,1-4H3,(H,45,46)(H,50,54)(H2,47,49,58)/t22-,30?,32-,34-,36+,37-,38-,43+/m0/s1. The molecule has 6 heterocycles. The molecule has 19 heteroatoms. The number of aromatic nitrogens is 4. The lowest BCUT2D eigenvalue weighted by Crippen LogP contribution is -2.56. The van der Waals surface area contributed by atoms with Crippen molar-refractivity contribution in [1.82, 2.24) is 30.2 Å². The Morgan fingerprint density at radius 2 is 1.81 bits per heavy atom. The van der Waals surface area contributed by atoms with Crippen LogP contribution in [0.25, 0.3) is 22.3 Å². The van der Waals surface area contributed by atoms with Crippen LogP contribution in [0.5, 0.6) is 5.75 Å². The molecule has 63 heavy (non-hydrogen) atoms. The Balaban J connectivity index is 0.950. The molecular formula is C44H47N7O12. The number of aromatic amines is 1. The number of fused-ring (bicyclic) bond motifs is 5. The van der Waals surface area contributed by atoms with Gasteiger partial charge in [0, 0.05) is 53.5 Å². The van der Waals surface area contributed by atoms with Gasteiger partial charge in [0.2, 0.25) is 18.3 Å². The van der Waals surface area contributed by atoms with Crippen molar-refractivity contribution in [1.29, 1.82) is 0 Å². The monoisotopic (exact) mass is 865 g/mol. The summed E-state index contributed by atoms with van der Waals surface area (Å²) >= 11 is 0. The number of rotatable bonds is 13. The van der Waals surface area contributed by atoms with E-state index in [4.69, 9.17) is 28.7 Å². The van der Waals surface area contributed by atoms with Crippen LogP contribution in [0.15, 0.2) is 78.0 Å². The number of cyclic esters (lactones) is 1. The van der Waals surface area contributed by atoms with E-state index in [9.17, 15) is 34.2 Å². The van der Waals surface area contributed by atoms with Gasteiger partial charge >= 0.3 is 18.0 Å². The first kappa shape index (κ1) is 43.0. The fraction of sp³-hybridized carbons (Fsp3) is 0.386. The minimum absolute atomic E-state index is 0.0467. The molecule has 0 saturated carbocycles. The van der Waals surface area contributed by atoms with Gasteiger partial charge in [-0.05, 0) is 55.3 Å². The number of nitrogens with one attached hydrogen (secondary N) is 4. The van der Waals surface area contributed by atoms with Crippen LogP contribution in [-0.2, 0) is 52.9 Å². The lowest BCUT2D eigenvalue weighted by atomic mass is 9.90. The van der Waals surface area contributed by atoms with Crippen LogP contribution in [0.1, 0.15) is 49.3 Å². The average molecular weight is 866 g/mol. The Morgan fingerprint density at radius 3 is 2.54 bits per heavy atom. The van der Waals surface area contributed by atoms with Gasteiger partial charge < -0.3 is 59.4 Å². The number of pyridine rings is 2. The molecule has 0 radical (unpaired) electrons. The van der Waals surface area contributed by atoms with Crippen LogP contribution in [0, 0.1) is 11.8 Å². The van der Waals surface area contributed by atoms with Crippen LogP contribution >= 0.6 is 0 Å². The molecule has 0 spiro atoms. The van der Waals surface area contributed by atoms with E-state index in [1.807, 2.05) is 30.3 Å². The zero-order valence-electron chi connectivity index (χ0n) is 34.8. The first-order chi connectivity index (χ1) is 30.3. The summed E-state index contributed by atoms with van der Waals surface area (Å²) in [6, 6.07) is 14.0. The number of aliphatic hydroxyl groups excluding tert-OH is 2. The van der Waals surface area contributed by atoms with Gasteiger partial charge in [-0.1, -0.05) is 32.0 Å². The lowest BCUT2D eigenvalue weighted by molar-refractivity contribution is -0.258.